The first-order chi connectivity index (χ1) is 8.84. The molecule has 1 aliphatic rings. The average Bonchev–Trinajstić information content (AvgIpc) is 2.59. The minimum absolute atomic E-state index is 0.159. The average molecular weight is 268 g/mol. The van der Waals surface area contributed by atoms with Crippen molar-refractivity contribution in [2.24, 2.45) is 0 Å². The molecule has 0 aliphatic carbocycles. The van der Waals surface area contributed by atoms with Crippen LogP contribution in [0.5, 0.6) is 0 Å². The summed E-state index contributed by atoms with van der Waals surface area (Å²) in [4.78, 5) is 2.24. The number of aromatic nitrogens is 2. The molecule has 1 aromatic heterocycles. The third-order valence-corrected chi connectivity index (χ3v) is 3.16. The number of nitrogens with zero attached hydrogens (tertiary/aromatic N) is 3. The zero-order chi connectivity index (χ0) is 14.0. The summed E-state index contributed by atoms with van der Waals surface area (Å²) in [6, 6.07) is 0. The summed E-state index contributed by atoms with van der Waals surface area (Å²) in [5.41, 5.74) is 6.06. The fourth-order valence-corrected chi connectivity index (χ4v) is 2.78. The van der Waals surface area contributed by atoms with Crippen LogP contribution >= 0.6 is 0 Å². The zero-order valence-electron chi connectivity index (χ0n) is 11.9. The van der Waals surface area contributed by atoms with E-state index in [0.29, 0.717) is 18.8 Å². The summed E-state index contributed by atoms with van der Waals surface area (Å²) in [7, 11) is 0. The number of anilines is 1. The van der Waals surface area contributed by atoms with E-state index in [-0.39, 0.29) is 11.7 Å². The smallest absolute Gasteiger partial charge is 0.0862 e. The van der Waals surface area contributed by atoms with Crippen molar-refractivity contribution in [3.63, 3.8) is 0 Å². The van der Waals surface area contributed by atoms with Crippen LogP contribution in [0.25, 0.3) is 0 Å². The Labute approximate surface area is 114 Å². The van der Waals surface area contributed by atoms with E-state index in [2.05, 4.69) is 30.8 Å². The molecule has 0 aromatic carbocycles. The van der Waals surface area contributed by atoms with Crippen LogP contribution in [0, 0.1) is 0 Å². The highest BCUT2D eigenvalue weighted by Gasteiger charge is 2.31. The van der Waals surface area contributed by atoms with Crippen molar-refractivity contribution in [2.45, 2.75) is 45.1 Å². The summed E-state index contributed by atoms with van der Waals surface area (Å²) in [5.74, 6) is 0. The lowest BCUT2D eigenvalue weighted by Gasteiger charge is -2.42. The van der Waals surface area contributed by atoms with Crippen molar-refractivity contribution in [1.82, 2.24) is 14.7 Å². The van der Waals surface area contributed by atoms with Crippen molar-refractivity contribution in [3.05, 3.63) is 12.4 Å². The van der Waals surface area contributed by atoms with Crippen molar-refractivity contribution in [3.8, 4) is 0 Å². The van der Waals surface area contributed by atoms with Gasteiger partial charge in [-0.1, -0.05) is 0 Å². The van der Waals surface area contributed by atoms with E-state index in [9.17, 15) is 5.11 Å². The monoisotopic (exact) mass is 268 g/mol. The van der Waals surface area contributed by atoms with E-state index < -0.39 is 6.10 Å². The highest BCUT2D eigenvalue weighted by Crippen LogP contribution is 2.20. The summed E-state index contributed by atoms with van der Waals surface area (Å²) < 4.78 is 7.53. The predicted octanol–water partition coefficient (Wildman–Crippen LogP) is 0.325. The van der Waals surface area contributed by atoms with E-state index in [1.165, 1.54) is 0 Å². The second-order valence-electron chi connectivity index (χ2n) is 6.03. The molecular weight excluding hydrogens is 244 g/mol. The maximum absolute atomic E-state index is 10.1. The summed E-state index contributed by atoms with van der Waals surface area (Å²) in [5, 5.41) is 14.2. The van der Waals surface area contributed by atoms with Crippen molar-refractivity contribution >= 4 is 5.69 Å². The molecule has 0 bridgehead atoms. The second kappa shape index (κ2) is 5.48. The molecule has 1 saturated heterocycles. The summed E-state index contributed by atoms with van der Waals surface area (Å²) in [6.07, 6.45) is 3.05. The van der Waals surface area contributed by atoms with Gasteiger partial charge in [0, 0.05) is 25.8 Å². The number of rotatable bonds is 4. The molecule has 0 radical (unpaired) electrons. The number of ether oxygens (including phenoxy) is 1. The Hall–Kier alpha value is -1.11. The first kappa shape index (κ1) is 14.3. The van der Waals surface area contributed by atoms with E-state index in [1.54, 1.807) is 17.1 Å². The van der Waals surface area contributed by atoms with E-state index in [0.717, 1.165) is 13.1 Å². The van der Waals surface area contributed by atoms with Crippen LogP contribution in [-0.4, -0.2) is 57.2 Å². The first-order valence-corrected chi connectivity index (χ1v) is 6.70. The van der Waals surface area contributed by atoms with Crippen LogP contribution in [0.1, 0.15) is 20.8 Å². The molecule has 0 amide bonds. The topological polar surface area (TPSA) is 76.5 Å². The zero-order valence-corrected chi connectivity index (χ0v) is 11.9. The van der Waals surface area contributed by atoms with Crippen molar-refractivity contribution < 1.29 is 9.84 Å². The van der Waals surface area contributed by atoms with Gasteiger partial charge in [0.15, 0.2) is 0 Å². The molecule has 2 atom stereocenters. The van der Waals surface area contributed by atoms with Crippen LogP contribution in [0.15, 0.2) is 12.4 Å². The first-order valence-electron chi connectivity index (χ1n) is 6.70. The molecule has 6 heteroatoms. The van der Waals surface area contributed by atoms with Gasteiger partial charge in [0.25, 0.3) is 0 Å². The van der Waals surface area contributed by atoms with Gasteiger partial charge in [-0.3, -0.25) is 9.58 Å². The molecule has 19 heavy (non-hydrogen) atoms. The Kier molecular flexibility index (Phi) is 4.13. The number of nitrogen functional groups attached to an aromatic ring is 1. The number of nitrogens with two attached hydrogens (primary N) is 1. The molecular formula is C13H24N4O2. The van der Waals surface area contributed by atoms with Gasteiger partial charge in [-0.2, -0.15) is 5.10 Å². The molecule has 0 spiro atoms. The molecule has 0 saturated carbocycles. The Balaban J connectivity index is 1.86. The maximum atomic E-state index is 10.1. The van der Waals surface area contributed by atoms with Gasteiger partial charge >= 0.3 is 0 Å². The Morgan fingerprint density at radius 1 is 1.58 bits per heavy atom. The SMILES string of the molecule is CC1CN(CC(O)Cn2cc(N)cn2)CC(C)(C)O1. The lowest BCUT2D eigenvalue weighted by molar-refractivity contribution is -0.134. The molecule has 108 valence electrons. The predicted molar refractivity (Wildman–Crippen MR) is 73.7 cm³/mol. The number of aliphatic hydroxyl groups excluding tert-OH is 1. The molecule has 1 fully saturated rings. The second-order valence-corrected chi connectivity index (χ2v) is 6.03. The maximum Gasteiger partial charge on any atom is 0.0862 e. The number of morpholine rings is 1. The number of β-amino-alcohol motifs (C(OH)–C–C–N with tert-alkyl or cyclic N) is 1. The third kappa shape index (κ3) is 4.19. The third-order valence-electron chi connectivity index (χ3n) is 3.16. The Bertz CT molecular complexity index is 419. The molecule has 2 unspecified atom stereocenters. The minimum atomic E-state index is -0.458. The van der Waals surface area contributed by atoms with Crippen LogP contribution in [0.3, 0.4) is 0 Å². The highest BCUT2D eigenvalue weighted by molar-refractivity contribution is 5.30. The lowest BCUT2D eigenvalue weighted by atomic mass is 10.1. The Morgan fingerprint density at radius 3 is 2.89 bits per heavy atom. The normalized spacial score (nSPS) is 25.4. The number of hydrogen-bond acceptors (Lipinski definition) is 5. The van der Waals surface area contributed by atoms with E-state index in [1.807, 2.05) is 0 Å². The molecule has 1 aromatic rings. The largest absolute Gasteiger partial charge is 0.396 e. The summed E-state index contributed by atoms with van der Waals surface area (Å²) >= 11 is 0. The molecule has 2 rings (SSSR count). The minimum Gasteiger partial charge on any atom is -0.396 e. The van der Waals surface area contributed by atoms with Crippen LogP contribution in [0.4, 0.5) is 5.69 Å². The highest BCUT2D eigenvalue weighted by atomic mass is 16.5. The quantitative estimate of drug-likeness (QED) is 0.822. The van der Waals surface area contributed by atoms with Gasteiger partial charge in [-0.15, -0.1) is 0 Å². The molecule has 6 nitrogen and oxygen atoms in total. The van der Waals surface area contributed by atoms with Crippen molar-refractivity contribution in [1.29, 1.82) is 0 Å². The van der Waals surface area contributed by atoms with Gasteiger partial charge in [0.2, 0.25) is 0 Å². The van der Waals surface area contributed by atoms with Gasteiger partial charge in [0.05, 0.1) is 36.2 Å². The van der Waals surface area contributed by atoms with Gasteiger partial charge in [-0.05, 0) is 20.8 Å². The van der Waals surface area contributed by atoms with E-state index in [4.69, 9.17) is 10.5 Å². The van der Waals surface area contributed by atoms with Crippen LogP contribution < -0.4 is 5.73 Å². The fourth-order valence-electron chi connectivity index (χ4n) is 2.78. The van der Waals surface area contributed by atoms with Crippen LogP contribution in [-0.2, 0) is 11.3 Å². The fraction of sp³-hybridized carbons (Fsp3) is 0.769. The van der Waals surface area contributed by atoms with Crippen molar-refractivity contribution in [2.75, 3.05) is 25.4 Å². The van der Waals surface area contributed by atoms with Gasteiger partial charge < -0.3 is 15.6 Å². The number of hydrogen-bond donors (Lipinski definition) is 2. The number of aliphatic hydroxyl groups is 1. The summed E-state index contributed by atoms with van der Waals surface area (Å²) in [6.45, 7) is 8.98. The van der Waals surface area contributed by atoms with Gasteiger partial charge in [0.1, 0.15) is 0 Å². The lowest BCUT2D eigenvalue weighted by Crippen LogP contribution is -2.53. The molecule has 2 heterocycles. The standard InChI is InChI=1S/C13H24N4O2/c1-10-5-16(9-13(2,3)19-10)7-12(18)8-17-6-11(14)4-15-17/h4,6,10,12,18H,5,7-9,14H2,1-3H3. The molecule has 3 N–H and O–H groups in total. The van der Waals surface area contributed by atoms with Crippen LogP contribution in [0.2, 0.25) is 0 Å². The molecule has 1 aliphatic heterocycles. The van der Waals surface area contributed by atoms with Gasteiger partial charge in [-0.25, -0.2) is 0 Å². The van der Waals surface area contributed by atoms with E-state index >= 15 is 0 Å². The Morgan fingerprint density at radius 2 is 2.32 bits per heavy atom.